The van der Waals surface area contributed by atoms with E-state index in [-0.39, 0.29) is 24.0 Å². The Balaban J connectivity index is 0.00000341. The Kier molecular flexibility index (Phi) is 11.4. The molecule has 2 heterocycles. The molecule has 0 radical (unpaired) electrons. The Labute approximate surface area is 202 Å². The number of ether oxygens (including phenoxy) is 1. The number of methoxy groups -OCH3 is 1. The molecule has 1 aliphatic heterocycles. The largest absolute Gasteiger partial charge is 0.497 e. The van der Waals surface area contributed by atoms with Crippen LogP contribution in [0.2, 0.25) is 0 Å². The number of anilines is 1. The Bertz CT molecular complexity index is 765. The van der Waals surface area contributed by atoms with Gasteiger partial charge in [0, 0.05) is 58.2 Å². The molecule has 1 fully saturated rings. The van der Waals surface area contributed by atoms with Crippen molar-refractivity contribution in [2.45, 2.75) is 13.3 Å². The van der Waals surface area contributed by atoms with Gasteiger partial charge in [0.05, 0.1) is 13.7 Å². The third-order valence-electron chi connectivity index (χ3n) is 5.10. The van der Waals surface area contributed by atoms with E-state index >= 15 is 0 Å². The molecule has 1 aromatic heterocycles. The molecule has 2 aromatic rings. The van der Waals surface area contributed by atoms with Gasteiger partial charge in [-0.05, 0) is 37.1 Å². The molecular formula is C22H34IN7O. The summed E-state index contributed by atoms with van der Waals surface area (Å²) in [6.45, 7) is 9.44. The molecule has 3 rings (SSSR count). The lowest BCUT2D eigenvalue weighted by molar-refractivity contribution is 0.263. The molecule has 0 amide bonds. The highest BCUT2D eigenvalue weighted by atomic mass is 127. The molecular weight excluding hydrogens is 505 g/mol. The summed E-state index contributed by atoms with van der Waals surface area (Å²) in [6.07, 6.45) is 4.54. The van der Waals surface area contributed by atoms with Crippen molar-refractivity contribution in [3.63, 3.8) is 0 Å². The van der Waals surface area contributed by atoms with Gasteiger partial charge in [-0.1, -0.05) is 12.1 Å². The summed E-state index contributed by atoms with van der Waals surface area (Å²) >= 11 is 0. The van der Waals surface area contributed by atoms with E-state index < -0.39 is 0 Å². The van der Waals surface area contributed by atoms with Crippen LogP contribution < -0.4 is 20.3 Å². The van der Waals surface area contributed by atoms with E-state index in [0.29, 0.717) is 0 Å². The fraction of sp³-hybridized carbons (Fsp3) is 0.500. The minimum Gasteiger partial charge on any atom is -0.497 e. The number of benzene rings is 1. The van der Waals surface area contributed by atoms with Gasteiger partial charge < -0.3 is 20.3 Å². The molecule has 0 spiro atoms. The van der Waals surface area contributed by atoms with E-state index in [1.807, 2.05) is 18.2 Å². The monoisotopic (exact) mass is 539 g/mol. The zero-order valence-corrected chi connectivity index (χ0v) is 20.8. The van der Waals surface area contributed by atoms with Gasteiger partial charge in [0.1, 0.15) is 5.75 Å². The van der Waals surface area contributed by atoms with Crippen LogP contribution in [-0.2, 0) is 6.42 Å². The molecule has 0 saturated carbocycles. The molecule has 0 bridgehead atoms. The van der Waals surface area contributed by atoms with Crippen molar-refractivity contribution in [2.24, 2.45) is 4.99 Å². The maximum absolute atomic E-state index is 5.21. The SMILES string of the molecule is CCNC(=NCCN1CCN(c2ncccn2)CC1)NCCc1ccc(OC)cc1.I. The third kappa shape index (κ3) is 8.48. The maximum atomic E-state index is 5.21. The quantitative estimate of drug-likeness (QED) is 0.287. The first-order valence-electron chi connectivity index (χ1n) is 10.7. The van der Waals surface area contributed by atoms with E-state index in [2.05, 4.69) is 49.5 Å². The zero-order chi connectivity index (χ0) is 21.0. The van der Waals surface area contributed by atoms with Gasteiger partial charge in [-0.2, -0.15) is 0 Å². The third-order valence-corrected chi connectivity index (χ3v) is 5.10. The second-order valence-electron chi connectivity index (χ2n) is 7.16. The lowest BCUT2D eigenvalue weighted by atomic mass is 10.1. The van der Waals surface area contributed by atoms with Gasteiger partial charge >= 0.3 is 0 Å². The highest BCUT2D eigenvalue weighted by Gasteiger charge is 2.18. The predicted octanol–water partition coefficient (Wildman–Crippen LogP) is 2.02. The summed E-state index contributed by atoms with van der Waals surface area (Å²) in [6, 6.07) is 10.1. The van der Waals surface area contributed by atoms with Crippen molar-refractivity contribution in [3.8, 4) is 5.75 Å². The number of hydrogen-bond acceptors (Lipinski definition) is 6. The number of hydrogen-bond donors (Lipinski definition) is 2. The Morgan fingerprint density at radius 1 is 1.06 bits per heavy atom. The highest BCUT2D eigenvalue weighted by molar-refractivity contribution is 14.0. The number of halogens is 1. The van der Waals surface area contributed by atoms with E-state index in [0.717, 1.165) is 76.4 Å². The number of nitrogens with zero attached hydrogens (tertiary/aromatic N) is 5. The lowest BCUT2D eigenvalue weighted by Gasteiger charge is -2.34. The molecule has 1 saturated heterocycles. The molecule has 2 N–H and O–H groups in total. The molecule has 31 heavy (non-hydrogen) atoms. The van der Waals surface area contributed by atoms with Crippen molar-refractivity contribution in [2.75, 3.05) is 64.4 Å². The first kappa shape index (κ1) is 25.1. The molecule has 0 atom stereocenters. The number of aliphatic imine (C=N–C) groups is 1. The zero-order valence-electron chi connectivity index (χ0n) is 18.5. The highest BCUT2D eigenvalue weighted by Crippen LogP contribution is 2.11. The van der Waals surface area contributed by atoms with Crippen LogP contribution in [0.4, 0.5) is 5.95 Å². The Hall–Kier alpha value is -2.14. The molecule has 1 aromatic carbocycles. The van der Waals surface area contributed by atoms with Crippen LogP contribution in [0, 0.1) is 0 Å². The summed E-state index contributed by atoms with van der Waals surface area (Å²) in [4.78, 5) is 18.1. The van der Waals surface area contributed by atoms with Gasteiger partial charge in [-0.3, -0.25) is 9.89 Å². The van der Waals surface area contributed by atoms with Crippen molar-refractivity contribution in [3.05, 3.63) is 48.3 Å². The summed E-state index contributed by atoms with van der Waals surface area (Å²) < 4.78 is 5.21. The standard InChI is InChI=1S/C22H33N7O.HI/c1-3-23-21(24-12-9-19-5-7-20(30-2)8-6-19)25-13-14-28-15-17-29(18-16-28)22-26-10-4-11-27-22;/h4-8,10-11H,3,9,12-18H2,1-2H3,(H2,23,24,25);1H. The minimum absolute atomic E-state index is 0. The van der Waals surface area contributed by atoms with Gasteiger partial charge in [0.2, 0.25) is 5.95 Å². The number of guanidine groups is 1. The summed E-state index contributed by atoms with van der Waals surface area (Å²) in [7, 11) is 1.69. The first-order valence-corrected chi connectivity index (χ1v) is 10.7. The molecule has 8 nitrogen and oxygen atoms in total. The topological polar surface area (TPSA) is 77.9 Å². The van der Waals surface area contributed by atoms with Crippen molar-refractivity contribution < 1.29 is 4.74 Å². The molecule has 170 valence electrons. The van der Waals surface area contributed by atoms with Gasteiger partial charge in [0.15, 0.2) is 5.96 Å². The minimum atomic E-state index is 0. The molecule has 9 heteroatoms. The average molecular weight is 539 g/mol. The Morgan fingerprint density at radius 3 is 2.42 bits per heavy atom. The van der Waals surface area contributed by atoms with Crippen LogP contribution in [0.3, 0.4) is 0 Å². The average Bonchev–Trinajstić information content (AvgIpc) is 2.80. The van der Waals surface area contributed by atoms with Crippen LogP contribution in [-0.4, -0.2) is 80.3 Å². The summed E-state index contributed by atoms with van der Waals surface area (Å²) in [5.41, 5.74) is 1.28. The fourth-order valence-electron chi connectivity index (χ4n) is 3.39. The number of nitrogens with one attached hydrogen (secondary N) is 2. The first-order chi connectivity index (χ1) is 14.8. The van der Waals surface area contributed by atoms with Crippen LogP contribution in [0.25, 0.3) is 0 Å². The number of rotatable bonds is 9. The normalized spacial score (nSPS) is 14.6. The van der Waals surface area contributed by atoms with Gasteiger partial charge in [-0.15, -0.1) is 24.0 Å². The van der Waals surface area contributed by atoms with Crippen LogP contribution in [0.5, 0.6) is 5.75 Å². The Morgan fingerprint density at radius 2 is 1.77 bits per heavy atom. The molecule has 1 aliphatic rings. The van der Waals surface area contributed by atoms with Gasteiger partial charge in [-0.25, -0.2) is 9.97 Å². The van der Waals surface area contributed by atoms with Gasteiger partial charge in [0.25, 0.3) is 0 Å². The summed E-state index contributed by atoms with van der Waals surface area (Å²) in [5.74, 6) is 2.59. The van der Waals surface area contributed by atoms with E-state index in [4.69, 9.17) is 9.73 Å². The van der Waals surface area contributed by atoms with E-state index in [1.54, 1.807) is 19.5 Å². The smallest absolute Gasteiger partial charge is 0.225 e. The fourth-order valence-corrected chi connectivity index (χ4v) is 3.39. The van der Waals surface area contributed by atoms with Crippen molar-refractivity contribution >= 4 is 35.9 Å². The van der Waals surface area contributed by atoms with Crippen molar-refractivity contribution in [1.82, 2.24) is 25.5 Å². The number of piperazine rings is 1. The van der Waals surface area contributed by atoms with Crippen LogP contribution in [0.1, 0.15) is 12.5 Å². The second-order valence-corrected chi connectivity index (χ2v) is 7.16. The van der Waals surface area contributed by atoms with Crippen LogP contribution >= 0.6 is 24.0 Å². The lowest BCUT2D eigenvalue weighted by Crippen LogP contribution is -2.47. The van der Waals surface area contributed by atoms with Crippen molar-refractivity contribution in [1.29, 1.82) is 0 Å². The molecule has 0 unspecified atom stereocenters. The predicted molar refractivity (Wildman–Crippen MR) is 137 cm³/mol. The summed E-state index contributed by atoms with van der Waals surface area (Å²) in [5, 5.41) is 6.76. The van der Waals surface area contributed by atoms with E-state index in [1.165, 1.54) is 5.56 Å². The molecule has 0 aliphatic carbocycles. The second kappa shape index (κ2) is 14.0. The van der Waals surface area contributed by atoms with E-state index in [9.17, 15) is 0 Å². The van der Waals surface area contributed by atoms with Crippen LogP contribution in [0.15, 0.2) is 47.7 Å². The maximum Gasteiger partial charge on any atom is 0.225 e. The number of aromatic nitrogens is 2.